The summed E-state index contributed by atoms with van der Waals surface area (Å²) in [6, 6.07) is 7.38. The summed E-state index contributed by atoms with van der Waals surface area (Å²) in [5, 5.41) is 17.7. The van der Waals surface area contributed by atoms with Gasteiger partial charge >= 0.3 is 6.18 Å². The number of hydrogen-bond donors (Lipinski definition) is 2. The van der Waals surface area contributed by atoms with E-state index in [1.165, 1.54) is 18.2 Å². The number of aryl methyl sites for hydroxylation is 1. The van der Waals surface area contributed by atoms with Crippen molar-refractivity contribution in [2.75, 3.05) is 13.2 Å². The SMILES string of the molecule is CC(N)(CO)c1nnc(-c2ccc(OCCCCCc3ccc(F)c(F)c3)c(C(F)(F)F)c2)s1. The van der Waals surface area contributed by atoms with Crippen LogP contribution in [-0.4, -0.2) is 28.5 Å². The van der Waals surface area contributed by atoms with E-state index in [4.69, 9.17) is 10.5 Å². The van der Waals surface area contributed by atoms with Crippen LogP contribution >= 0.6 is 11.3 Å². The van der Waals surface area contributed by atoms with Gasteiger partial charge in [-0.15, -0.1) is 10.2 Å². The third kappa shape index (κ3) is 6.49. The zero-order valence-corrected chi connectivity index (χ0v) is 19.1. The predicted octanol–water partition coefficient (Wildman–Crippen LogP) is 5.46. The number of aliphatic hydroxyl groups excluding tert-OH is 1. The molecule has 0 bridgehead atoms. The number of unbranched alkanes of at least 4 members (excludes halogenated alkanes) is 2. The van der Waals surface area contributed by atoms with Gasteiger partial charge in [0.25, 0.3) is 0 Å². The minimum Gasteiger partial charge on any atom is -0.493 e. The Morgan fingerprint density at radius 1 is 1.00 bits per heavy atom. The summed E-state index contributed by atoms with van der Waals surface area (Å²) >= 11 is 1.01. The Kier molecular flexibility index (Phi) is 8.21. The van der Waals surface area contributed by atoms with Gasteiger partial charge in [0.2, 0.25) is 0 Å². The molecule has 1 unspecified atom stereocenters. The highest BCUT2D eigenvalue weighted by Crippen LogP contribution is 2.40. The van der Waals surface area contributed by atoms with Crippen molar-refractivity contribution in [3.05, 3.63) is 64.2 Å². The first kappa shape index (κ1) is 26.0. The Morgan fingerprint density at radius 2 is 1.76 bits per heavy atom. The van der Waals surface area contributed by atoms with Crippen LogP contribution < -0.4 is 10.5 Å². The highest BCUT2D eigenvalue weighted by atomic mass is 32.1. The van der Waals surface area contributed by atoms with Crippen LogP contribution in [0.3, 0.4) is 0 Å². The molecule has 0 aliphatic rings. The first-order chi connectivity index (χ1) is 16.0. The molecule has 2 aromatic carbocycles. The molecule has 1 atom stereocenters. The number of nitrogens with zero attached hydrogens (tertiary/aromatic N) is 2. The summed E-state index contributed by atoms with van der Waals surface area (Å²) in [6.45, 7) is 1.24. The molecule has 0 spiro atoms. The topological polar surface area (TPSA) is 81.3 Å². The van der Waals surface area contributed by atoms with Gasteiger partial charge in [-0.1, -0.05) is 17.4 Å². The lowest BCUT2D eigenvalue weighted by atomic mass is 10.1. The van der Waals surface area contributed by atoms with Gasteiger partial charge in [0.15, 0.2) is 11.6 Å². The normalized spacial score (nSPS) is 13.6. The average molecular weight is 502 g/mol. The molecule has 0 fully saturated rings. The van der Waals surface area contributed by atoms with E-state index in [2.05, 4.69) is 10.2 Å². The van der Waals surface area contributed by atoms with Gasteiger partial charge in [0.05, 0.1) is 24.3 Å². The minimum absolute atomic E-state index is 0.0746. The first-order valence-corrected chi connectivity index (χ1v) is 11.3. The molecule has 0 aliphatic heterocycles. The second-order valence-corrected chi connectivity index (χ2v) is 9.08. The van der Waals surface area contributed by atoms with E-state index < -0.39 is 28.9 Å². The van der Waals surface area contributed by atoms with E-state index in [1.807, 2.05) is 0 Å². The Balaban J connectivity index is 1.60. The fourth-order valence-corrected chi connectivity index (χ4v) is 4.02. The molecule has 3 rings (SSSR count). The molecule has 5 nitrogen and oxygen atoms in total. The average Bonchev–Trinajstić information content (AvgIpc) is 3.29. The highest BCUT2D eigenvalue weighted by molar-refractivity contribution is 7.14. The predicted molar refractivity (Wildman–Crippen MR) is 118 cm³/mol. The maximum atomic E-state index is 13.6. The maximum Gasteiger partial charge on any atom is 0.419 e. The molecule has 0 saturated heterocycles. The van der Waals surface area contributed by atoms with Crippen LogP contribution in [0.25, 0.3) is 10.6 Å². The van der Waals surface area contributed by atoms with E-state index in [-0.39, 0.29) is 29.5 Å². The second kappa shape index (κ2) is 10.7. The van der Waals surface area contributed by atoms with Gasteiger partial charge in [-0.25, -0.2) is 8.78 Å². The van der Waals surface area contributed by atoms with Crippen molar-refractivity contribution in [3.8, 4) is 16.3 Å². The van der Waals surface area contributed by atoms with Crippen LogP contribution in [0.4, 0.5) is 22.0 Å². The van der Waals surface area contributed by atoms with E-state index in [9.17, 15) is 27.1 Å². The van der Waals surface area contributed by atoms with E-state index in [0.717, 1.165) is 29.5 Å². The fraction of sp³-hybridized carbons (Fsp3) is 0.391. The van der Waals surface area contributed by atoms with Crippen molar-refractivity contribution >= 4 is 11.3 Å². The molecule has 0 saturated carbocycles. The summed E-state index contributed by atoms with van der Waals surface area (Å²) in [7, 11) is 0. The minimum atomic E-state index is -4.64. The van der Waals surface area contributed by atoms with Crippen molar-refractivity contribution < 1.29 is 31.8 Å². The molecule has 3 aromatic rings. The lowest BCUT2D eigenvalue weighted by Gasteiger charge is -2.17. The number of aliphatic hydroxyl groups is 1. The second-order valence-electron chi connectivity index (χ2n) is 8.10. The molecule has 1 heterocycles. The number of hydrogen-bond acceptors (Lipinski definition) is 6. The van der Waals surface area contributed by atoms with Crippen molar-refractivity contribution in [2.45, 2.75) is 44.3 Å². The van der Waals surface area contributed by atoms with E-state index >= 15 is 0 Å². The summed E-state index contributed by atoms with van der Waals surface area (Å²) in [6.07, 6.45) is -2.30. The molecule has 34 heavy (non-hydrogen) atoms. The Labute approximate surface area is 197 Å². The van der Waals surface area contributed by atoms with Gasteiger partial charge in [-0.3, -0.25) is 0 Å². The molecule has 0 amide bonds. The Morgan fingerprint density at radius 3 is 2.44 bits per heavy atom. The number of benzene rings is 2. The molecular formula is C23H24F5N3O2S. The van der Waals surface area contributed by atoms with Crippen LogP contribution in [0.15, 0.2) is 36.4 Å². The number of rotatable bonds is 10. The van der Waals surface area contributed by atoms with Gasteiger partial charge in [0.1, 0.15) is 15.8 Å². The Hall–Kier alpha value is -2.63. The smallest absolute Gasteiger partial charge is 0.419 e. The molecule has 0 radical (unpaired) electrons. The molecule has 0 aliphatic carbocycles. The quantitative estimate of drug-likeness (QED) is 0.285. The van der Waals surface area contributed by atoms with Crippen molar-refractivity contribution in [2.24, 2.45) is 5.73 Å². The van der Waals surface area contributed by atoms with Crippen LogP contribution in [0.1, 0.15) is 42.3 Å². The number of aromatic nitrogens is 2. The number of ether oxygens (including phenoxy) is 1. The Bertz CT molecular complexity index is 1120. The highest BCUT2D eigenvalue weighted by Gasteiger charge is 2.35. The molecule has 3 N–H and O–H groups in total. The van der Waals surface area contributed by atoms with Crippen LogP contribution in [0.2, 0.25) is 0 Å². The van der Waals surface area contributed by atoms with Crippen LogP contribution in [-0.2, 0) is 18.1 Å². The van der Waals surface area contributed by atoms with Crippen molar-refractivity contribution in [1.82, 2.24) is 10.2 Å². The summed E-state index contributed by atoms with van der Waals surface area (Å²) in [4.78, 5) is 0. The van der Waals surface area contributed by atoms with Crippen LogP contribution in [0.5, 0.6) is 5.75 Å². The van der Waals surface area contributed by atoms with Crippen LogP contribution in [0, 0.1) is 11.6 Å². The van der Waals surface area contributed by atoms with Gasteiger partial charge < -0.3 is 15.6 Å². The van der Waals surface area contributed by atoms with Gasteiger partial charge in [-0.2, -0.15) is 13.2 Å². The fourth-order valence-electron chi connectivity index (χ4n) is 3.13. The van der Waals surface area contributed by atoms with Crippen molar-refractivity contribution in [1.29, 1.82) is 0 Å². The molecule has 11 heteroatoms. The summed E-state index contributed by atoms with van der Waals surface area (Å²) in [5.74, 6) is -2.10. The number of nitrogens with two attached hydrogens (primary N) is 1. The summed E-state index contributed by atoms with van der Waals surface area (Å²) < 4.78 is 72.5. The number of halogens is 5. The molecule has 1 aromatic heterocycles. The third-order valence-corrected chi connectivity index (χ3v) is 6.38. The van der Waals surface area contributed by atoms with E-state index in [0.29, 0.717) is 36.3 Å². The van der Waals surface area contributed by atoms with Gasteiger partial charge in [0, 0.05) is 5.56 Å². The maximum absolute atomic E-state index is 13.6. The molecular weight excluding hydrogens is 477 g/mol. The standard InChI is InChI=1S/C23H24F5N3O2S/c1-22(29,13-32)21-31-30-20(34-21)15-7-9-19(16(12-15)23(26,27)28)33-10-4-2-3-5-14-6-8-17(24)18(25)11-14/h6-9,11-12,32H,2-5,10,13,29H2,1H3. The van der Waals surface area contributed by atoms with Crippen molar-refractivity contribution in [3.63, 3.8) is 0 Å². The lowest BCUT2D eigenvalue weighted by Crippen LogP contribution is -2.36. The zero-order valence-electron chi connectivity index (χ0n) is 18.3. The first-order valence-electron chi connectivity index (χ1n) is 10.5. The molecule has 184 valence electrons. The zero-order chi connectivity index (χ0) is 24.9. The largest absolute Gasteiger partial charge is 0.493 e. The van der Waals surface area contributed by atoms with Gasteiger partial charge in [-0.05, 0) is 68.5 Å². The van der Waals surface area contributed by atoms with E-state index in [1.54, 1.807) is 6.92 Å². The lowest BCUT2D eigenvalue weighted by molar-refractivity contribution is -0.138. The number of alkyl halides is 3. The third-order valence-electron chi connectivity index (χ3n) is 5.13. The monoisotopic (exact) mass is 501 g/mol. The summed E-state index contributed by atoms with van der Waals surface area (Å²) in [5.41, 5.74) is 4.71.